The van der Waals surface area contributed by atoms with Crippen molar-refractivity contribution in [2.45, 2.75) is 58.2 Å². The van der Waals surface area contributed by atoms with Gasteiger partial charge in [-0.2, -0.15) is 13.2 Å². The summed E-state index contributed by atoms with van der Waals surface area (Å²) in [4.78, 5) is 20.8. The fourth-order valence-corrected chi connectivity index (χ4v) is 2.35. The standard InChI is InChI=1S/C18H28F3N3O.C2H5NO/c1-2-3-4-8-12-23-17(25)24-14-16(18(19,20)21)22-13-11-15-9-6-5-7-10-15;1-2(3)4/h5-7,9-10,16,22H,2-4,8,11-14H2,1H3,(H2,23,24,25);1H3,(H2,3,4). The van der Waals surface area contributed by atoms with Crippen LogP contribution in [0.25, 0.3) is 0 Å². The molecule has 0 aromatic heterocycles. The molecule has 3 amide bonds. The number of hydrogen-bond donors (Lipinski definition) is 4. The lowest BCUT2D eigenvalue weighted by Gasteiger charge is -2.22. The second kappa shape index (κ2) is 15.6. The number of unbranched alkanes of at least 4 members (excludes halogenated alkanes) is 3. The lowest BCUT2D eigenvalue weighted by molar-refractivity contribution is -0.154. The van der Waals surface area contributed by atoms with Crippen molar-refractivity contribution in [3.05, 3.63) is 35.9 Å². The summed E-state index contributed by atoms with van der Waals surface area (Å²) < 4.78 is 39.2. The summed E-state index contributed by atoms with van der Waals surface area (Å²) in [7, 11) is 0. The molecule has 0 aliphatic carbocycles. The average molecular weight is 419 g/mol. The van der Waals surface area contributed by atoms with E-state index in [4.69, 9.17) is 0 Å². The molecule has 0 bridgehead atoms. The van der Waals surface area contributed by atoms with Gasteiger partial charge in [0.1, 0.15) is 6.04 Å². The monoisotopic (exact) mass is 418 g/mol. The number of primary amides is 1. The molecular weight excluding hydrogens is 385 g/mol. The third-order valence-electron chi connectivity index (χ3n) is 3.82. The van der Waals surface area contributed by atoms with Gasteiger partial charge in [-0.1, -0.05) is 56.5 Å². The van der Waals surface area contributed by atoms with Crippen LogP contribution in [0.2, 0.25) is 0 Å². The Morgan fingerprint density at radius 3 is 2.21 bits per heavy atom. The third-order valence-corrected chi connectivity index (χ3v) is 3.82. The largest absolute Gasteiger partial charge is 0.405 e. The van der Waals surface area contributed by atoms with Crippen molar-refractivity contribution in [1.29, 1.82) is 0 Å². The van der Waals surface area contributed by atoms with Crippen molar-refractivity contribution in [3.63, 3.8) is 0 Å². The first kappa shape index (κ1) is 26.7. The van der Waals surface area contributed by atoms with Crippen LogP contribution >= 0.6 is 0 Å². The van der Waals surface area contributed by atoms with Crippen molar-refractivity contribution >= 4 is 11.9 Å². The van der Waals surface area contributed by atoms with Crippen LogP contribution in [0.5, 0.6) is 0 Å². The molecule has 0 saturated heterocycles. The Labute approximate surface area is 170 Å². The van der Waals surface area contributed by atoms with Gasteiger partial charge in [0.2, 0.25) is 5.91 Å². The second-order valence-corrected chi connectivity index (χ2v) is 6.59. The number of hydrogen-bond acceptors (Lipinski definition) is 3. The lowest BCUT2D eigenvalue weighted by Crippen LogP contribution is -2.52. The van der Waals surface area contributed by atoms with E-state index in [9.17, 15) is 22.8 Å². The molecular formula is C20H33F3N4O2. The van der Waals surface area contributed by atoms with Crippen LogP contribution in [0.3, 0.4) is 0 Å². The van der Waals surface area contributed by atoms with Gasteiger partial charge in [0.15, 0.2) is 0 Å². The molecule has 0 heterocycles. The summed E-state index contributed by atoms with van der Waals surface area (Å²) in [6.45, 7) is 3.57. The van der Waals surface area contributed by atoms with Gasteiger partial charge < -0.3 is 21.7 Å². The van der Waals surface area contributed by atoms with Crippen LogP contribution < -0.4 is 21.7 Å². The molecule has 6 nitrogen and oxygen atoms in total. The highest BCUT2D eigenvalue weighted by Gasteiger charge is 2.39. The molecule has 0 fully saturated rings. The SMILES string of the molecule is CC(N)=O.CCCCCCNC(=O)NCC(NCCc1ccccc1)C(F)(F)F. The molecule has 166 valence electrons. The van der Waals surface area contributed by atoms with E-state index in [1.54, 1.807) is 0 Å². The number of nitrogens with two attached hydrogens (primary N) is 1. The van der Waals surface area contributed by atoms with Gasteiger partial charge >= 0.3 is 12.2 Å². The average Bonchev–Trinajstić information content (AvgIpc) is 2.63. The first-order valence-corrected chi connectivity index (χ1v) is 9.78. The molecule has 0 spiro atoms. The minimum absolute atomic E-state index is 0.189. The zero-order valence-corrected chi connectivity index (χ0v) is 17.1. The molecule has 1 atom stereocenters. The first-order chi connectivity index (χ1) is 13.7. The van der Waals surface area contributed by atoms with E-state index in [0.717, 1.165) is 31.2 Å². The summed E-state index contributed by atoms with van der Waals surface area (Å²) >= 11 is 0. The predicted octanol–water partition coefficient (Wildman–Crippen LogP) is 3.12. The van der Waals surface area contributed by atoms with Gasteiger partial charge in [0, 0.05) is 20.0 Å². The van der Waals surface area contributed by atoms with E-state index in [2.05, 4.69) is 28.6 Å². The van der Waals surface area contributed by atoms with Crippen molar-refractivity contribution in [3.8, 4) is 0 Å². The Kier molecular flexibility index (Phi) is 14.4. The number of nitrogens with one attached hydrogen (secondary N) is 3. The summed E-state index contributed by atoms with van der Waals surface area (Å²) in [5.41, 5.74) is 5.44. The maximum atomic E-state index is 13.1. The zero-order valence-electron chi connectivity index (χ0n) is 17.1. The Balaban J connectivity index is 0.00000178. The number of alkyl halides is 3. The number of carbonyl (C=O) groups excluding carboxylic acids is 2. The van der Waals surface area contributed by atoms with Crippen molar-refractivity contribution in [1.82, 2.24) is 16.0 Å². The van der Waals surface area contributed by atoms with Gasteiger partial charge in [-0.25, -0.2) is 4.79 Å². The molecule has 0 radical (unpaired) electrons. The molecule has 5 N–H and O–H groups in total. The number of rotatable bonds is 11. The summed E-state index contributed by atoms with van der Waals surface area (Å²) in [6, 6.07) is 6.98. The molecule has 0 saturated carbocycles. The molecule has 0 aliphatic rings. The molecule has 0 aliphatic heterocycles. The third kappa shape index (κ3) is 16.4. The Morgan fingerprint density at radius 1 is 1.03 bits per heavy atom. The molecule has 1 rings (SSSR count). The number of benzene rings is 1. The second-order valence-electron chi connectivity index (χ2n) is 6.59. The molecule has 1 aromatic carbocycles. The van der Waals surface area contributed by atoms with Gasteiger partial charge in [-0.15, -0.1) is 0 Å². The number of halogens is 3. The van der Waals surface area contributed by atoms with Crippen molar-refractivity contribution < 1.29 is 22.8 Å². The van der Waals surface area contributed by atoms with E-state index in [1.165, 1.54) is 6.92 Å². The number of urea groups is 1. The molecule has 1 unspecified atom stereocenters. The predicted molar refractivity (Wildman–Crippen MR) is 108 cm³/mol. The number of carbonyl (C=O) groups is 2. The normalized spacial score (nSPS) is 11.8. The van der Waals surface area contributed by atoms with E-state index in [0.29, 0.717) is 13.0 Å². The number of amides is 3. The van der Waals surface area contributed by atoms with Crippen molar-refractivity contribution in [2.24, 2.45) is 5.73 Å². The topological polar surface area (TPSA) is 96.2 Å². The van der Waals surface area contributed by atoms with E-state index in [1.807, 2.05) is 30.3 Å². The van der Waals surface area contributed by atoms with Crippen LogP contribution in [0.15, 0.2) is 30.3 Å². The van der Waals surface area contributed by atoms with Gasteiger partial charge in [0.05, 0.1) is 0 Å². The van der Waals surface area contributed by atoms with Gasteiger partial charge in [-0.3, -0.25) is 4.79 Å². The highest BCUT2D eigenvalue weighted by Crippen LogP contribution is 2.19. The van der Waals surface area contributed by atoms with Crippen molar-refractivity contribution in [2.75, 3.05) is 19.6 Å². The van der Waals surface area contributed by atoms with Gasteiger partial charge in [-0.05, 0) is 24.9 Å². The van der Waals surface area contributed by atoms with Crippen LogP contribution in [-0.4, -0.2) is 43.8 Å². The Morgan fingerprint density at radius 2 is 1.66 bits per heavy atom. The first-order valence-electron chi connectivity index (χ1n) is 9.78. The van der Waals surface area contributed by atoms with Crippen LogP contribution in [0.1, 0.15) is 45.1 Å². The van der Waals surface area contributed by atoms with Crippen LogP contribution in [-0.2, 0) is 11.2 Å². The smallest absolute Gasteiger partial charge is 0.370 e. The molecule has 29 heavy (non-hydrogen) atoms. The molecule has 9 heteroatoms. The Hall–Kier alpha value is -2.29. The van der Waals surface area contributed by atoms with E-state index in [-0.39, 0.29) is 12.5 Å². The maximum Gasteiger partial charge on any atom is 0.405 e. The summed E-state index contributed by atoms with van der Waals surface area (Å²) in [6.07, 6.45) is 0.101. The highest BCUT2D eigenvalue weighted by atomic mass is 19.4. The fraction of sp³-hybridized carbons (Fsp3) is 0.600. The zero-order chi connectivity index (χ0) is 22.1. The quantitative estimate of drug-likeness (QED) is 0.416. The van der Waals surface area contributed by atoms with Crippen LogP contribution in [0, 0.1) is 0 Å². The minimum atomic E-state index is -4.41. The maximum absolute atomic E-state index is 13.1. The van der Waals surface area contributed by atoms with E-state index >= 15 is 0 Å². The summed E-state index contributed by atoms with van der Waals surface area (Å²) in [5, 5.41) is 7.36. The van der Waals surface area contributed by atoms with Gasteiger partial charge in [0.25, 0.3) is 0 Å². The molecule has 1 aromatic rings. The fourth-order valence-electron chi connectivity index (χ4n) is 2.35. The minimum Gasteiger partial charge on any atom is -0.370 e. The Bertz CT molecular complexity index is 565. The van der Waals surface area contributed by atoms with Crippen LogP contribution in [0.4, 0.5) is 18.0 Å². The summed E-state index contributed by atoms with van der Waals surface area (Å²) in [5.74, 6) is -0.333. The lowest BCUT2D eigenvalue weighted by atomic mass is 10.1. The highest BCUT2D eigenvalue weighted by molar-refractivity contribution is 5.73. The van der Waals surface area contributed by atoms with E-state index < -0.39 is 24.8 Å².